The normalized spacial score (nSPS) is 10.2. The standard InChI is InChI=1S/C8H6BrN4/c9-8-3-1-7(2-4-8)5-13-6-10-11-12-13/h1-4H,5H2. The van der Waals surface area contributed by atoms with Gasteiger partial charge >= 0.3 is 0 Å². The minimum atomic E-state index is 0.653. The second-order valence-electron chi connectivity index (χ2n) is 2.56. The van der Waals surface area contributed by atoms with Crippen molar-refractivity contribution in [3.8, 4) is 0 Å². The van der Waals surface area contributed by atoms with Crippen molar-refractivity contribution in [2.45, 2.75) is 6.54 Å². The number of tetrazole rings is 1. The highest BCUT2D eigenvalue weighted by Crippen LogP contribution is 2.10. The van der Waals surface area contributed by atoms with Gasteiger partial charge in [-0.15, -0.1) is 5.10 Å². The van der Waals surface area contributed by atoms with Crippen LogP contribution in [0.15, 0.2) is 28.7 Å². The highest BCUT2D eigenvalue weighted by atomic mass is 79.9. The summed E-state index contributed by atoms with van der Waals surface area (Å²) in [6, 6.07) is 8.00. The highest BCUT2D eigenvalue weighted by molar-refractivity contribution is 9.10. The fraction of sp³-hybridized carbons (Fsp3) is 0.125. The Hall–Kier alpha value is -1.23. The molecule has 0 unspecified atom stereocenters. The van der Waals surface area contributed by atoms with Gasteiger partial charge in [-0.2, -0.15) is 0 Å². The number of nitrogens with zero attached hydrogens (tertiary/aromatic N) is 4. The molecule has 0 bridgehead atoms. The molecule has 0 aliphatic carbocycles. The average Bonchev–Trinajstić information content (AvgIpc) is 2.62. The summed E-state index contributed by atoms with van der Waals surface area (Å²) in [7, 11) is 0. The molecule has 13 heavy (non-hydrogen) atoms. The molecule has 4 nitrogen and oxygen atoms in total. The van der Waals surface area contributed by atoms with Crippen LogP contribution in [0, 0.1) is 6.33 Å². The molecular formula is C8H6BrN4. The van der Waals surface area contributed by atoms with Crippen LogP contribution in [-0.2, 0) is 6.54 Å². The fourth-order valence-electron chi connectivity index (χ4n) is 0.990. The van der Waals surface area contributed by atoms with Crippen molar-refractivity contribution < 1.29 is 0 Å². The van der Waals surface area contributed by atoms with Crippen LogP contribution in [0.25, 0.3) is 0 Å². The van der Waals surface area contributed by atoms with E-state index in [2.05, 4.69) is 37.8 Å². The van der Waals surface area contributed by atoms with E-state index in [9.17, 15) is 0 Å². The molecule has 1 aromatic carbocycles. The zero-order valence-corrected chi connectivity index (χ0v) is 8.27. The minimum Gasteiger partial charge on any atom is -0.218 e. The number of benzene rings is 1. The van der Waals surface area contributed by atoms with Crippen LogP contribution in [0.5, 0.6) is 0 Å². The summed E-state index contributed by atoms with van der Waals surface area (Å²) in [5.74, 6) is 0. The monoisotopic (exact) mass is 237 g/mol. The molecule has 65 valence electrons. The summed E-state index contributed by atoms with van der Waals surface area (Å²) >= 11 is 3.37. The molecule has 0 N–H and O–H groups in total. The molecule has 5 heteroatoms. The first-order valence-electron chi connectivity index (χ1n) is 3.73. The quantitative estimate of drug-likeness (QED) is 0.791. The maximum atomic E-state index is 3.72. The highest BCUT2D eigenvalue weighted by Gasteiger charge is 1.96. The summed E-state index contributed by atoms with van der Waals surface area (Å²) in [4.78, 5) is 0. The van der Waals surface area contributed by atoms with Gasteiger partial charge in [-0.25, -0.2) is 4.68 Å². The van der Waals surface area contributed by atoms with E-state index < -0.39 is 0 Å². The Morgan fingerprint density at radius 1 is 1.31 bits per heavy atom. The van der Waals surface area contributed by atoms with Gasteiger partial charge in [0.05, 0.1) is 6.54 Å². The van der Waals surface area contributed by atoms with Crippen molar-refractivity contribution >= 4 is 15.9 Å². The Morgan fingerprint density at radius 3 is 2.69 bits per heavy atom. The molecule has 0 amide bonds. The van der Waals surface area contributed by atoms with Gasteiger partial charge in [0.2, 0.25) is 6.33 Å². The summed E-state index contributed by atoms with van der Waals surface area (Å²) in [5, 5.41) is 10.7. The van der Waals surface area contributed by atoms with Crippen molar-refractivity contribution in [1.29, 1.82) is 0 Å². The lowest BCUT2D eigenvalue weighted by atomic mass is 10.2. The predicted molar refractivity (Wildman–Crippen MR) is 49.9 cm³/mol. The Morgan fingerprint density at radius 2 is 2.08 bits per heavy atom. The molecule has 0 saturated carbocycles. The van der Waals surface area contributed by atoms with Crippen molar-refractivity contribution in [3.05, 3.63) is 40.6 Å². The molecule has 0 spiro atoms. The summed E-state index contributed by atoms with van der Waals surface area (Å²) in [6.07, 6.45) is 2.63. The Labute approximate surface area is 83.7 Å². The van der Waals surface area contributed by atoms with E-state index in [0.29, 0.717) is 6.54 Å². The summed E-state index contributed by atoms with van der Waals surface area (Å²) < 4.78 is 2.63. The molecule has 0 atom stereocenters. The maximum Gasteiger partial charge on any atom is 0.221 e. The lowest BCUT2D eigenvalue weighted by Gasteiger charge is -1.98. The van der Waals surface area contributed by atoms with Gasteiger partial charge in [0.1, 0.15) is 0 Å². The number of hydrogen-bond acceptors (Lipinski definition) is 3. The lowest BCUT2D eigenvalue weighted by Crippen LogP contribution is -2.00. The van der Waals surface area contributed by atoms with Crippen molar-refractivity contribution in [2.75, 3.05) is 0 Å². The number of aromatic nitrogens is 4. The van der Waals surface area contributed by atoms with Gasteiger partial charge in [0.25, 0.3) is 0 Å². The fourth-order valence-corrected chi connectivity index (χ4v) is 1.25. The summed E-state index contributed by atoms with van der Waals surface area (Å²) in [6.45, 7) is 0.653. The zero-order chi connectivity index (χ0) is 9.10. The molecule has 1 radical (unpaired) electrons. The zero-order valence-electron chi connectivity index (χ0n) is 6.68. The smallest absolute Gasteiger partial charge is 0.218 e. The van der Waals surface area contributed by atoms with Crippen molar-refractivity contribution in [3.63, 3.8) is 0 Å². The first kappa shape index (κ1) is 8.37. The molecule has 0 fully saturated rings. The maximum absolute atomic E-state index is 3.72. The van der Waals surface area contributed by atoms with E-state index in [1.165, 1.54) is 0 Å². The second kappa shape index (κ2) is 3.66. The minimum absolute atomic E-state index is 0.653. The molecule has 0 aliphatic heterocycles. The van der Waals surface area contributed by atoms with Crippen LogP contribution in [0.4, 0.5) is 0 Å². The molecule has 0 aliphatic rings. The van der Waals surface area contributed by atoms with Crippen molar-refractivity contribution in [2.24, 2.45) is 0 Å². The molecule has 1 aromatic heterocycles. The largest absolute Gasteiger partial charge is 0.221 e. The molecule has 1 heterocycles. The number of rotatable bonds is 2. The van der Waals surface area contributed by atoms with Crippen LogP contribution < -0.4 is 0 Å². The van der Waals surface area contributed by atoms with Gasteiger partial charge in [-0.3, -0.25) is 0 Å². The Balaban J connectivity index is 2.15. The third-order valence-corrected chi connectivity index (χ3v) is 2.13. The topological polar surface area (TPSA) is 43.6 Å². The van der Waals surface area contributed by atoms with Crippen molar-refractivity contribution in [1.82, 2.24) is 20.2 Å². The number of hydrogen-bond donors (Lipinski definition) is 0. The Bertz CT molecular complexity index is 368. The predicted octanol–water partition coefficient (Wildman–Crippen LogP) is 1.28. The van der Waals surface area contributed by atoms with Gasteiger partial charge < -0.3 is 0 Å². The van der Waals surface area contributed by atoms with E-state index in [-0.39, 0.29) is 0 Å². The molecular weight excluding hydrogens is 232 g/mol. The average molecular weight is 238 g/mol. The lowest BCUT2D eigenvalue weighted by molar-refractivity contribution is 0.644. The van der Waals surface area contributed by atoms with Gasteiger partial charge in [-0.1, -0.05) is 28.1 Å². The third kappa shape index (κ3) is 2.12. The van der Waals surface area contributed by atoms with E-state index in [1.54, 1.807) is 4.68 Å². The third-order valence-electron chi connectivity index (χ3n) is 1.60. The van der Waals surface area contributed by atoms with Gasteiger partial charge in [-0.05, 0) is 28.1 Å². The van der Waals surface area contributed by atoms with Gasteiger partial charge in [0, 0.05) is 4.47 Å². The molecule has 2 aromatic rings. The molecule has 2 rings (SSSR count). The summed E-state index contributed by atoms with van der Waals surface area (Å²) in [5.41, 5.74) is 1.15. The van der Waals surface area contributed by atoms with Crippen LogP contribution in [0.3, 0.4) is 0 Å². The molecule has 0 saturated heterocycles. The second-order valence-corrected chi connectivity index (χ2v) is 3.48. The number of halogens is 1. The van der Waals surface area contributed by atoms with Gasteiger partial charge in [0.15, 0.2) is 0 Å². The first-order valence-corrected chi connectivity index (χ1v) is 4.52. The van der Waals surface area contributed by atoms with Crippen LogP contribution in [0.1, 0.15) is 5.56 Å². The van der Waals surface area contributed by atoms with Crippen LogP contribution in [0.2, 0.25) is 0 Å². The first-order chi connectivity index (χ1) is 6.34. The van der Waals surface area contributed by atoms with Crippen LogP contribution in [-0.4, -0.2) is 20.2 Å². The van der Waals surface area contributed by atoms with Crippen LogP contribution >= 0.6 is 15.9 Å². The van der Waals surface area contributed by atoms with E-state index in [1.807, 2.05) is 24.3 Å². The van der Waals surface area contributed by atoms with E-state index >= 15 is 0 Å². The Kier molecular flexibility index (Phi) is 2.35. The SMILES string of the molecule is Brc1ccc(Cn2[c]nnn2)cc1. The van der Waals surface area contributed by atoms with E-state index in [4.69, 9.17) is 0 Å². The van der Waals surface area contributed by atoms with E-state index in [0.717, 1.165) is 10.0 Å².